The van der Waals surface area contributed by atoms with Crippen molar-refractivity contribution in [2.45, 2.75) is 39.7 Å². The lowest BCUT2D eigenvalue weighted by molar-refractivity contribution is 0.150. The normalized spacial score (nSPS) is 12.8. The SMILES string of the molecule is CCN(CC)CCCCCOC(=O)N1Cc2ccccc2Oc2ccc(Cl)cc21. The van der Waals surface area contributed by atoms with Crippen molar-refractivity contribution < 1.29 is 14.3 Å². The molecule has 1 heterocycles. The summed E-state index contributed by atoms with van der Waals surface area (Å²) in [5.41, 5.74) is 1.55. The van der Waals surface area contributed by atoms with E-state index in [0.29, 0.717) is 29.6 Å². The van der Waals surface area contributed by atoms with Crippen molar-refractivity contribution in [2.24, 2.45) is 0 Å². The molecule has 3 rings (SSSR count). The average molecular weight is 417 g/mol. The summed E-state index contributed by atoms with van der Waals surface area (Å²) in [6.07, 6.45) is 2.63. The summed E-state index contributed by atoms with van der Waals surface area (Å²) in [5, 5.41) is 0.549. The Labute approximate surface area is 178 Å². The Hall–Kier alpha value is -2.24. The van der Waals surface area contributed by atoms with Crippen LogP contribution in [0.5, 0.6) is 11.5 Å². The fourth-order valence-electron chi connectivity index (χ4n) is 3.45. The largest absolute Gasteiger partial charge is 0.455 e. The van der Waals surface area contributed by atoms with Crippen molar-refractivity contribution in [2.75, 3.05) is 31.1 Å². The highest BCUT2D eigenvalue weighted by Gasteiger charge is 2.26. The van der Waals surface area contributed by atoms with E-state index in [1.165, 1.54) is 0 Å². The summed E-state index contributed by atoms with van der Waals surface area (Å²) in [5.74, 6) is 1.33. The van der Waals surface area contributed by atoms with Gasteiger partial charge in [0.1, 0.15) is 5.75 Å². The van der Waals surface area contributed by atoms with Crippen molar-refractivity contribution >= 4 is 23.4 Å². The maximum atomic E-state index is 12.9. The Morgan fingerprint density at radius 1 is 1.10 bits per heavy atom. The molecule has 0 aliphatic carbocycles. The van der Waals surface area contributed by atoms with E-state index in [9.17, 15) is 4.79 Å². The molecule has 29 heavy (non-hydrogen) atoms. The Morgan fingerprint density at radius 2 is 1.90 bits per heavy atom. The molecular weight excluding hydrogens is 388 g/mol. The highest BCUT2D eigenvalue weighted by molar-refractivity contribution is 6.31. The number of fused-ring (bicyclic) bond motifs is 2. The Bertz CT molecular complexity index is 824. The van der Waals surface area contributed by atoms with Crippen LogP contribution in [0, 0.1) is 0 Å². The number of ether oxygens (including phenoxy) is 2. The monoisotopic (exact) mass is 416 g/mol. The van der Waals surface area contributed by atoms with Gasteiger partial charge in [0, 0.05) is 10.6 Å². The molecule has 0 bridgehead atoms. The van der Waals surface area contributed by atoms with Gasteiger partial charge in [-0.2, -0.15) is 0 Å². The molecule has 0 aromatic heterocycles. The second-order valence-electron chi connectivity index (χ2n) is 7.11. The second-order valence-corrected chi connectivity index (χ2v) is 7.55. The second kappa shape index (κ2) is 10.5. The van der Waals surface area contributed by atoms with Crippen LogP contribution in [0.4, 0.5) is 10.5 Å². The van der Waals surface area contributed by atoms with Gasteiger partial charge in [0.05, 0.1) is 18.8 Å². The molecule has 2 aromatic carbocycles. The number of amides is 1. The first-order chi connectivity index (χ1) is 14.1. The number of rotatable bonds is 8. The number of hydrogen-bond acceptors (Lipinski definition) is 4. The summed E-state index contributed by atoms with van der Waals surface area (Å²) in [6.45, 7) is 8.39. The first kappa shape index (κ1) is 21.5. The summed E-state index contributed by atoms with van der Waals surface area (Å²) < 4.78 is 11.6. The topological polar surface area (TPSA) is 42.0 Å². The van der Waals surface area contributed by atoms with E-state index >= 15 is 0 Å². The molecule has 1 amide bonds. The average Bonchev–Trinajstić information content (AvgIpc) is 2.89. The maximum absolute atomic E-state index is 12.9. The van der Waals surface area contributed by atoms with E-state index < -0.39 is 0 Å². The smallest absolute Gasteiger partial charge is 0.414 e. The zero-order chi connectivity index (χ0) is 20.6. The predicted molar refractivity (Wildman–Crippen MR) is 117 cm³/mol. The van der Waals surface area contributed by atoms with Crippen LogP contribution in [-0.4, -0.2) is 37.2 Å². The van der Waals surface area contributed by atoms with Crippen molar-refractivity contribution in [3.05, 3.63) is 53.1 Å². The number of carbonyl (C=O) groups excluding carboxylic acids is 1. The third-order valence-corrected chi connectivity index (χ3v) is 5.43. The summed E-state index contributed by atoms with van der Waals surface area (Å²) in [4.78, 5) is 16.9. The molecule has 1 aliphatic rings. The number of anilines is 1. The molecule has 0 fully saturated rings. The maximum Gasteiger partial charge on any atom is 0.414 e. The number of halogens is 1. The van der Waals surface area contributed by atoms with Gasteiger partial charge in [-0.05, 0) is 63.2 Å². The van der Waals surface area contributed by atoms with Crippen LogP contribution in [-0.2, 0) is 11.3 Å². The van der Waals surface area contributed by atoms with Gasteiger partial charge in [0.15, 0.2) is 5.75 Å². The number of benzene rings is 2. The van der Waals surface area contributed by atoms with Crippen LogP contribution >= 0.6 is 11.6 Å². The van der Waals surface area contributed by atoms with E-state index in [-0.39, 0.29) is 6.09 Å². The Morgan fingerprint density at radius 3 is 2.69 bits per heavy atom. The van der Waals surface area contributed by atoms with Gasteiger partial charge in [-0.3, -0.25) is 4.90 Å². The fraction of sp³-hybridized carbons (Fsp3) is 0.435. The van der Waals surface area contributed by atoms with Crippen LogP contribution in [0.2, 0.25) is 5.02 Å². The third kappa shape index (κ3) is 5.64. The molecule has 0 saturated carbocycles. The lowest BCUT2D eigenvalue weighted by atomic mass is 10.2. The molecular formula is C23H29ClN2O3. The Kier molecular flexibility index (Phi) is 7.78. The number of unbranched alkanes of at least 4 members (excludes halogenated alkanes) is 2. The number of para-hydroxylation sites is 1. The van der Waals surface area contributed by atoms with E-state index in [4.69, 9.17) is 21.1 Å². The lowest BCUT2D eigenvalue weighted by Crippen LogP contribution is -2.31. The minimum Gasteiger partial charge on any atom is -0.455 e. The molecule has 6 heteroatoms. The predicted octanol–water partition coefficient (Wildman–Crippen LogP) is 6.10. The molecule has 0 radical (unpaired) electrons. The van der Waals surface area contributed by atoms with Gasteiger partial charge < -0.3 is 14.4 Å². The van der Waals surface area contributed by atoms with Crippen LogP contribution < -0.4 is 9.64 Å². The summed E-state index contributed by atoms with van der Waals surface area (Å²) in [7, 11) is 0. The molecule has 0 N–H and O–H groups in total. The molecule has 1 aliphatic heterocycles. The van der Waals surface area contributed by atoms with Crippen LogP contribution in [0.1, 0.15) is 38.7 Å². The quantitative estimate of drug-likeness (QED) is 0.487. The minimum absolute atomic E-state index is 0.377. The first-order valence-electron chi connectivity index (χ1n) is 10.3. The van der Waals surface area contributed by atoms with Crippen LogP contribution in [0.15, 0.2) is 42.5 Å². The summed E-state index contributed by atoms with van der Waals surface area (Å²) >= 11 is 6.18. The highest BCUT2D eigenvalue weighted by atomic mass is 35.5. The molecule has 0 spiro atoms. The van der Waals surface area contributed by atoms with Crippen molar-refractivity contribution in [3.8, 4) is 11.5 Å². The minimum atomic E-state index is -0.377. The molecule has 0 saturated heterocycles. The molecule has 156 valence electrons. The first-order valence-corrected chi connectivity index (χ1v) is 10.7. The molecule has 0 unspecified atom stereocenters. The molecule has 0 atom stereocenters. The van der Waals surface area contributed by atoms with Gasteiger partial charge in [-0.15, -0.1) is 0 Å². The fourth-order valence-corrected chi connectivity index (χ4v) is 3.62. The highest BCUT2D eigenvalue weighted by Crippen LogP contribution is 2.40. The van der Waals surface area contributed by atoms with E-state index in [1.807, 2.05) is 24.3 Å². The van der Waals surface area contributed by atoms with Gasteiger partial charge in [-0.1, -0.05) is 43.6 Å². The van der Waals surface area contributed by atoms with E-state index in [2.05, 4.69) is 18.7 Å². The third-order valence-electron chi connectivity index (χ3n) is 5.19. The zero-order valence-corrected chi connectivity index (χ0v) is 18.0. The molecule has 5 nitrogen and oxygen atoms in total. The lowest BCUT2D eigenvalue weighted by Gasteiger charge is -2.22. The number of hydrogen-bond donors (Lipinski definition) is 0. The van der Waals surface area contributed by atoms with Gasteiger partial charge >= 0.3 is 6.09 Å². The van der Waals surface area contributed by atoms with Crippen LogP contribution in [0.3, 0.4) is 0 Å². The van der Waals surface area contributed by atoms with E-state index in [1.54, 1.807) is 23.1 Å². The van der Waals surface area contributed by atoms with E-state index in [0.717, 1.165) is 50.2 Å². The number of carbonyl (C=O) groups is 1. The Balaban J connectivity index is 1.61. The number of nitrogens with zero attached hydrogens (tertiary/aromatic N) is 2. The van der Waals surface area contributed by atoms with Gasteiger partial charge in [0.2, 0.25) is 0 Å². The van der Waals surface area contributed by atoms with Gasteiger partial charge in [-0.25, -0.2) is 4.79 Å². The van der Waals surface area contributed by atoms with Crippen molar-refractivity contribution in [1.29, 1.82) is 0 Å². The molecule has 2 aromatic rings. The van der Waals surface area contributed by atoms with Crippen molar-refractivity contribution in [3.63, 3.8) is 0 Å². The summed E-state index contributed by atoms with van der Waals surface area (Å²) in [6, 6.07) is 13.0. The van der Waals surface area contributed by atoms with Crippen LogP contribution in [0.25, 0.3) is 0 Å². The zero-order valence-electron chi connectivity index (χ0n) is 17.2. The van der Waals surface area contributed by atoms with Crippen molar-refractivity contribution in [1.82, 2.24) is 4.90 Å². The van der Waals surface area contributed by atoms with Gasteiger partial charge in [0.25, 0.3) is 0 Å². The standard InChI is InChI=1S/C23H29ClN2O3/c1-3-25(4-2)14-8-5-9-15-28-23(27)26-17-18-10-6-7-11-21(18)29-22-13-12-19(24)16-20(22)26/h6-7,10-13,16H,3-5,8-9,14-15,17H2,1-2H3.